The zero-order chi connectivity index (χ0) is 14.8. The average molecular weight is 270 g/mol. The molecule has 0 aromatic heterocycles. The standard InChI is InChI=1S/C13H18O6/c1-6-17-11(15)8-9(18-10(14)7(2)3)12(16)19-13(8,4)5/h8-9H,2,6H2,1,3-5H3. The van der Waals surface area contributed by atoms with E-state index in [-0.39, 0.29) is 12.2 Å². The fraction of sp³-hybridized carbons (Fsp3) is 0.615. The molecule has 6 nitrogen and oxygen atoms in total. The highest BCUT2D eigenvalue weighted by molar-refractivity contribution is 5.93. The molecule has 1 aliphatic rings. The van der Waals surface area contributed by atoms with E-state index in [9.17, 15) is 14.4 Å². The molecule has 1 saturated heterocycles. The van der Waals surface area contributed by atoms with Crippen molar-refractivity contribution in [2.45, 2.75) is 39.4 Å². The molecular formula is C13H18O6. The van der Waals surface area contributed by atoms with Crippen molar-refractivity contribution in [3.63, 3.8) is 0 Å². The van der Waals surface area contributed by atoms with Gasteiger partial charge in [0.05, 0.1) is 6.61 Å². The smallest absolute Gasteiger partial charge is 0.349 e. The topological polar surface area (TPSA) is 78.9 Å². The van der Waals surface area contributed by atoms with Crippen LogP contribution in [0.15, 0.2) is 12.2 Å². The highest BCUT2D eigenvalue weighted by atomic mass is 16.6. The third kappa shape index (κ3) is 3.13. The van der Waals surface area contributed by atoms with Gasteiger partial charge in [-0.2, -0.15) is 0 Å². The maximum Gasteiger partial charge on any atom is 0.349 e. The molecular weight excluding hydrogens is 252 g/mol. The summed E-state index contributed by atoms with van der Waals surface area (Å²) in [4.78, 5) is 35.1. The molecule has 2 unspecified atom stereocenters. The van der Waals surface area contributed by atoms with Crippen LogP contribution in [0, 0.1) is 5.92 Å². The second-order valence-corrected chi connectivity index (χ2v) is 4.86. The van der Waals surface area contributed by atoms with Crippen molar-refractivity contribution in [1.82, 2.24) is 0 Å². The predicted octanol–water partition coefficient (Wildman–Crippen LogP) is 0.989. The molecule has 0 aromatic rings. The summed E-state index contributed by atoms with van der Waals surface area (Å²) in [6, 6.07) is 0. The minimum Gasteiger partial charge on any atom is -0.466 e. The summed E-state index contributed by atoms with van der Waals surface area (Å²) in [6.07, 6.45) is -1.29. The number of ether oxygens (including phenoxy) is 3. The van der Waals surface area contributed by atoms with Crippen molar-refractivity contribution in [2.24, 2.45) is 5.92 Å². The van der Waals surface area contributed by atoms with Crippen LogP contribution >= 0.6 is 0 Å². The summed E-state index contributed by atoms with van der Waals surface area (Å²) in [7, 11) is 0. The van der Waals surface area contributed by atoms with Gasteiger partial charge in [-0.05, 0) is 27.7 Å². The maximum atomic E-state index is 11.9. The zero-order valence-corrected chi connectivity index (χ0v) is 11.5. The number of cyclic esters (lactones) is 1. The quantitative estimate of drug-likeness (QED) is 0.430. The fourth-order valence-corrected chi connectivity index (χ4v) is 1.85. The number of carbonyl (C=O) groups is 3. The first kappa shape index (κ1) is 15.2. The van der Waals surface area contributed by atoms with Crippen LogP contribution < -0.4 is 0 Å². The fourth-order valence-electron chi connectivity index (χ4n) is 1.85. The van der Waals surface area contributed by atoms with E-state index in [0.717, 1.165) is 0 Å². The first-order valence-electron chi connectivity index (χ1n) is 5.96. The third-order valence-electron chi connectivity index (χ3n) is 2.77. The minimum atomic E-state index is -1.29. The molecule has 1 fully saturated rings. The van der Waals surface area contributed by atoms with Gasteiger partial charge in [0.15, 0.2) is 0 Å². The van der Waals surface area contributed by atoms with Gasteiger partial charge in [0.25, 0.3) is 0 Å². The Morgan fingerprint density at radius 3 is 2.47 bits per heavy atom. The first-order chi connectivity index (χ1) is 8.70. The molecule has 1 aliphatic heterocycles. The highest BCUT2D eigenvalue weighted by Crippen LogP contribution is 2.35. The van der Waals surface area contributed by atoms with Crippen molar-refractivity contribution >= 4 is 17.9 Å². The first-order valence-corrected chi connectivity index (χ1v) is 5.96. The molecule has 2 atom stereocenters. The molecule has 0 radical (unpaired) electrons. The average Bonchev–Trinajstić information content (AvgIpc) is 2.48. The van der Waals surface area contributed by atoms with E-state index in [1.54, 1.807) is 20.8 Å². The summed E-state index contributed by atoms with van der Waals surface area (Å²) in [5.41, 5.74) is -0.941. The molecule has 0 saturated carbocycles. The van der Waals surface area contributed by atoms with Crippen LogP contribution in [0.4, 0.5) is 0 Å². The van der Waals surface area contributed by atoms with Gasteiger partial charge in [0.1, 0.15) is 11.5 Å². The van der Waals surface area contributed by atoms with E-state index < -0.39 is 35.5 Å². The van der Waals surface area contributed by atoms with Gasteiger partial charge in [-0.15, -0.1) is 0 Å². The Morgan fingerprint density at radius 2 is 2.00 bits per heavy atom. The van der Waals surface area contributed by atoms with Crippen LogP contribution in [0.3, 0.4) is 0 Å². The highest BCUT2D eigenvalue weighted by Gasteiger charge is 2.57. The molecule has 0 amide bonds. The maximum absolute atomic E-state index is 11.9. The lowest BCUT2D eigenvalue weighted by Gasteiger charge is -2.24. The summed E-state index contributed by atoms with van der Waals surface area (Å²) in [6.45, 7) is 9.83. The third-order valence-corrected chi connectivity index (χ3v) is 2.77. The van der Waals surface area contributed by atoms with Crippen LogP contribution in [-0.2, 0) is 28.6 Å². The van der Waals surface area contributed by atoms with E-state index in [4.69, 9.17) is 14.2 Å². The summed E-state index contributed by atoms with van der Waals surface area (Å²) in [5, 5.41) is 0. The van der Waals surface area contributed by atoms with Gasteiger partial charge in [-0.3, -0.25) is 4.79 Å². The van der Waals surface area contributed by atoms with Gasteiger partial charge in [0, 0.05) is 5.57 Å². The predicted molar refractivity (Wildman–Crippen MR) is 65.0 cm³/mol. The summed E-state index contributed by atoms with van der Waals surface area (Å²) in [5.74, 6) is -3.10. The van der Waals surface area contributed by atoms with Crippen LogP contribution in [0.5, 0.6) is 0 Å². The molecule has 0 bridgehead atoms. The van der Waals surface area contributed by atoms with Crippen molar-refractivity contribution < 1.29 is 28.6 Å². The lowest BCUT2D eigenvalue weighted by atomic mass is 9.89. The Balaban J connectivity index is 2.98. The molecule has 1 rings (SSSR count). The van der Waals surface area contributed by atoms with Crippen LogP contribution in [-0.4, -0.2) is 36.2 Å². The van der Waals surface area contributed by atoms with E-state index in [1.807, 2.05) is 0 Å². The minimum absolute atomic E-state index is 0.139. The van der Waals surface area contributed by atoms with Crippen molar-refractivity contribution in [1.29, 1.82) is 0 Å². The van der Waals surface area contributed by atoms with Crippen LogP contribution in [0.25, 0.3) is 0 Å². The molecule has 0 N–H and O–H groups in total. The van der Waals surface area contributed by atoms with Crippen LogP contribution in [0.2, 0.25) is 0 Å². The Bertz CT molecular complexity index is 423. The molecule has 0 spiro atoms. The SMILES string of the molecule is C=C(C)C(=O)OC1C(=O)OC(C)(C)C1C(=O)OCC. The number of esters is 3. The molecule has 1 heterocycles. The van der Waals surface area contributed by atoms with Gasteiger partial charge < -0.3 is 14.2 Å². The molecule has 0 aromatic carbocycles. The lowest BCUT2D eigenvalue weighted by Crippen LogP contribution is -2.41. The van der Waals surface area contributed by atoms with E-state index >= 15 is 0 Å². The number of hydrogen-bond donors (Lipinski definition) is 0. The van der Waals surface area contributed by atoms with Crippen molar-refractivity contribution in [3.05, 3.63) is 12.2 Å². The van der Waals surface area contributed by atoms with E-state index in [0.29, 0.717) is 0 Å². The second kappa shape index (κ2) is 5.42. The largest absolute Gasteiger partial charge is 0.466 e. The number of carbonyl (C=O) groups excluding carboxylic acids is 3. The summed E-state index contributed by atoms with van der Waals surface area (Å²) < 4.78 is 15.0. The monoisotopic (exact) mass is 270 g/mol. The van der Waals surface area contributed by atoms with Crippen molar-refractivity contribution in [2.75, 3.05) is 6.61 Å². The Morgan fingerprint density at radius 1 is 1.42 bits per heavy atom. The molecule has 19 heavy (non-hydrogen) atoms. The lowest BCUT2D eigenvalue weighted by molar-refractivity contribution is -0.163. The number of hydrogen-bond acceptors (Lipinski definition) is 6. The number of rotatable bonds is 4. The van der Waals surface area contributed by atoms with E-state index in [1.165, 1.54) is 6.92 Å². The van der Waals surface area contributed by atoms with Crippen molar-refractivity contribution in [3.8, 4) is 0 Å². The van der Waals surface area contributed by atoms with Gasteiger partial charge in [-0.25, -0.2) is 9.59 Å². The second-order valence-electron chi connectivity index (χ2n) is 4.86. The zero-order valence-electron chi connectivity index (χ0n) is 11.5. The normalized spacial score (nSPS) is 24.5. The molecule has 6 heteroatoms. The van der Waals surface area contributed by atoms with Gasteiger partial charge >= 0.3 is 17.9 Å². The Labute approximate surface area is 111 Å². The molecule has 106 valence electrons. The van der Waals surface area contributed by atoms with E-state index in [2.05, 4.69) is 6.58 Å². The van der Waals surface area contributed by atoms with Crippen LogP contribution in [0.1, 0.15) is 27.7 Å². The van der Waals surface area contributed by atoms with Gasteiger partial charge in [0.2, 0.25) is 6.10 Å². The Hall–Kier alpha value is -1.85. The summed E-state index contributed by atoms with van der Waals surface area (Å²) >= 11 is 0. The Kier molecular flexibility index (Phi) is 4.34. The molecule has 0 aliphatic carbocycles. The van der Waals surface area contributed by atoms with Gasteiger partial charge in [-0.1, -0.05) is 6.58 Å².